The maximum absolute atomic E-state index is 10.7. The van der Waals surface area contributed by atoms with Crippen LogP contribution in [0.3, 0.4) is 0 Å². The monoisotopic (exact) mass is 207 g/mol. The van der Waals surface area contributed by atoms with E-state index < -0.39 is 6.10 Å². The van der Waals surface area contributed by atoms with Crippen LogP contribution in [0.1, 0.15) is 32.6 Å². The average Bonchev–Trinajstić information content (AvgIpc) is 1.94. The standard InChI is InChI=1S/C9H17NO2.ClH/c1-6(11)9(12)8(10)5-7-3-2-4-7;/h7-9,12H,2-5,10H2,1H3;1H/t8-,9+;/m1./s1. The van der Waals surface area contributed by atoms with Gasteiger partial charge in [0.25, 0.3) is 0 Å². The molecule has 1 aliphatic carbocycles. The number of aliphatic hydroxyl groups is 1. The molecule has 4 heteroatoms. The number of carbonyl (C=O) groups excluding carboxylic acids is 1. The molecule has 0 heterocycles. The van der Waals surface area contributed by atoms with Crippen molar-refractivity contribution in [3.8, 4) is 0 Å². The summed E-state index contributed by atoms with van der Waals surface area (Å²) in [7, 11) is 0. The highest BCUT2D eigenvalue weighted by Gasteiger charge is 2.25. The second kappa shape index (κ2) is 5.58. The lowest BCUT2D eigenvalue weighted by Gasteiger charge is -2.29. The summed E-state index contributed by atoms with van der Waals surface area (Å²) in [6.45, 7) is 1.38. The topological polar surface area (TPSA) is 63.3 Å². The SMILES string of the molecule is CC(=O)[C@H](O)[C@H](N)CC1CCC1.Cl. The fourth-order valence-electron chi connectivity index (χ4n) is 1.54. The van der Waals surface area contributed by atoms with E-state index in [1.54, 1.807) is 0 Å². The van der Waals surface area contributed by atoms with Crippen molar-refractivity contribution in [1.82, 2.24) is 0 Å². The Morgan fingerprint density at radius 1 is 1.62 bits per heavy atom. The van der Waals surface area contributed by atoms with Crippen LogP contribution in [0, 0.1) is 5.92 Å². The maximum Gasteiger partial charge on any atom is 0.159 e. The van der Waals surface area contributed by atoms with Crippen LogP contribution in [0.5, 0.6) is 0 Å². The molecule has 1 aliphatic rings. The zero-order chi connectivity index (χ0) is 9.14. The highest BCUT2D eigenvalue weighted by Crippen LogP contribution is 2.30. The summed E-state index contributed by atoms with van der Waals surface area (Å²) in [5, 5.41) is 9.29. The number of hydrogen-bond acceptors (Lipinski definition) is 3. The molecule has 0 radical (unpaired) electrons. The van der Waals surface area contributed by atoms with Crippen molar-refractivity contribution in [2.45, 2.75) is 44.8 Å². The van der Waals surface area contributed by atoms with Gasteiger partial charge in [-0.1, -0.05) is 19.3 Å². The lowest BCUT2D eigenvalue weighted by molar-refractivity contribution is -0.126. The molecule has 0 unspecified atom stereocenters. The van der Waals surface area contributed by atoms with Crippen molar-refractivity contribution in [1.29, 1.82) is 0 Å². The highest BCUT2D eigenvalue weighted by molar-refractivity contribution is 5.85. The van der Waals surface area contributed by atoms with E-state index in [4.69, 9.17) is 5.73 Å². The second-order valence-electron chi connectivity index (χ2n) is 3.75. The lowest BCUT2D eigenvalue weighted by Crippen LogP contribution is -2.41. The van der Waals surface area contributed by atoms with E-state index >= 15 is 0 Å². The molecule has 1 saturated carbocycles. The number of aliphatic hydroxyl groups excluding tert-OH is 1. The summed E-state index contributed by atoms with van der Waals surface area (Å²) in [5.74, 6) is 0.427. The molecule has 13 heavy (non-hydrogen) atoms. The highest BCUT2D eigenvalue weighted by atomic mass is 35.5. The van der Waals surface area contributed by atoms with E-state index in [0.29, 0.717) is 5.92 Å². The fourth-order valence-corrected chi connectivity index (χ4v) is 1.54. The summed E-state index contributed by atoms with van der Waals surface area (Å²) in [6.07, 6.45) is 3.52. The minimum Gasteiger partial charge on any atom is -0.384 e. The molecular weight excluding hydrogens is 190 g/mol. The normalized spacial score (nSPS) is 21.2. The molecule has 0 aromatic rings. The van der Waals surface area contributed by atoms with Crippen LogP contribution in [0.15, 0.2) is 0 Å². The van der Waals surface area contributed by atoms with Crippen molar-refractivity contribution in [3.63, 3.8) is 0 Å². The zero-order valence-corrected chi connectivity index (χ0v) is 8.72. The van der Waals surface area contributed by atoms with Gasteiger partial charge in [0.2, 0.25) is 0 Å². The zero-order valence-electron chi connectivity index (χ0n) is 7.90. The Balaban J connectivity index is 0.00000144. The van der Waals surface area contributed by atoms with E-state index in [0.717, 1.165) is 6.42 Å². The number of halogens is 1. The number of rotatable bonds is 4. The molecular formula is C9H18ClNO2. The molecule has 78 valence electrons. The molecule has 1 rings (SSSR count). The average molecular weight is 208 g/mol. The molecule has 1 fully saturated rings. The van der Waals surface area contributed by atoms with Crippen LogP contribution < -0.4 is 5.73 Å². The predicted octanol–water partition coefficient (Wildman–Crippen LogP) is 0.876. The van der Waals surface area contributed by atoms with Crippen LogP contribution in [-0.2, 0) is 4.79 Å². The number of hydrogen-bond donors (Lipinski definition) is 2. The van der Waals surface area contributed by atoms with Gasteiger partial charge in [-0.3, -0.25) is 4.79 Å². The van der Waals surface area contributed by atoms with Gasteiger partial charge in [-0.15, -0.1) is 12.4 Å². The molecule has 0 saturated heterocycles. The quantitative estimate of drug-likeness (QED) is 0.720. The predicted molar refractivity (Wildman–Crippen MR) is 53.9 cm³/mol. The Morgan fingerprint density at radius 3 is 2.46 bits per heavy atom. The van der Waals surface area contributed by atoms with Gasteiger partial charge in [0.15, 0.2) is 5.78 Å². The van der Waals surface area contributed by atoms with Crippen molar-refractivity contribution in [2.75, 3.05) is 0 Å². The van der Waals surface area contributed by atoms with Crippen molar-refractivity contribution >= 4 is 18.2 Å². The number of nitrogens with two attached hydrogens (primary N) is 1. The summed E-state index contributed by atoms with van der Waals surface area (Å²) in [6, 6.07) is -0.354. The number of carbonyl (C=O) groups is 1. The third-order valence-electron chi connectivity index (χ3n) is 2.65. The van der Waals surface area contributed by atoms with Crippen LogP contribution in [0.4, 0.5) is 0 Å². The lowest BCUT2D eigenvalue weighted by atomic mass is 9.80. The molecule has 0 spiro atoms. The Hall–Kier alpha value is -0.120. The van der Waals surface area contributed by atoms with Crippen molar-refractivity contribution in [2.24, 2.45) is 11.7 Å². The van der Waals surface area contributed by atoms with Gasteiger partial charge in [-0.05, 0) is 19.3 Å². The first-order valence-electron chi connectivity index (χ1n) is 4.55. The smallest absolute Gasteiger partial charge is 0.159 e. The van der Waals surface area contributed by atoms with E-state index in [1.165, 1.54) is 26.2 Å². The summed E-state index contributed by atoms with van der Waals surface area (Å²) in [5.41, 5.74) is 5.66. The van der Waals surface area contributed by atoms with E-state index in [9.17, 15) is 9.90 Å². The van der Waals surface area contributed by atoms with Gasteiger partial charge in [0.05, 0.1) is 0 Å². The third kappa shape index (κ3) is 3.63. The molecule has 0 aromatic heterocycles. The van der Waals surface area contributed by atoms with Crippen molar-refractivity contribution < 1.29 is 9.90 Å². The minimum atomic E-state index is -0.953. The molecule has 0 bridgehead atoms. The number of Topliss-reactive ketones (excluding diaryl/α,β-unsaturated/α-hetero) is 1. The van der Waals surface area contributed by atoms with Crippen LogP contribution in [0.2, 0.25) is 0 Å². The van der Waals surface area contributed by atoms with E-state index in [1.807, 2.05) is 0 Å². The first kappa shape index (κ1) is 12.9. The van der Waals surface area contributed by atoms with Gasteiger partial charge in [-0.25, -0.2) is 0 Å². The Labute approximate surface area is 85.1 Å². The van der Waals surface area contributed by atoms with E-state index in [-0.39, 0.29) is 24.2 Å². The number of ketones is 1. The molecule has 3 nitrogen and oxygen atoms in total. The Morgan fingerprint density at radius 2 is 2.15 bits per heavy atom. The fraction of sp³-hybridized carbons (Fsp3) is 0.889. The van der Waals surface area contributed by atoms with Crippen LogP contribution in [-0.4, -0.2) is 23.0 Å². The van der Waals surface area contributed by atoms with Gasteiger partial charge in [0, 0.05) is 6.04 Å². The van der Waals surface area contributed by atoms with Crippen molar-refractivity contribution in [3.05, 3.63) is 0 Å². The van der Waals surface area contributed by atoms with Crippen LogP contribution in [0.25, 0.3) is 0 Å². The summed E-state index contributed by atoms with van der Waals surface area (Å²) < 4.78 is 0. The Kier molecular flexibility index (Phi) is 5.53. The molecule has 0 aromatic carbocycles. The second-order valence-corrected chi connectivity index (χ2v) is 3.75. The third-order valence-corrected chi connectivity index (χ3v) is 2.65. The molecule has 0 amide bonds. The summed E-state index contributed by atoms with van der Waals surface area (Å²) in [4.78, 5) is 10.7. The first-order chi connectivity index (χ1) is 5.61. The van der Waals surface area contributed by atoms with Gasteiger partial charge >= 0.3 is 0 Å². The van der Waals surface area contributed by atoms with Gasteiger partial charge in [-0.2, -0.15) is 0 Å². The largest absolute Gasteiger partial charge is 0.384 e. The molecule has 0 aliphatic heterocycles. The summed E-state index contributed by atoms with van der Waals surface area (Å²) >= 11 is 0. The maximum atomic E-state index is 10.7. The molecule has 2 atom stereocenters. The van der Waals surface area contributed by atoms with E-state index in [2.05, 4.69) is 0 Å². The van der Waals surface area contributed by atoms with Gasteiger partial charge < -0.3 is 10.8 Å². The van der Waals surface area contributed by atoms with Crippen LogP contribution >= 0.6 is 12.4 Å². The van der Waals surface area contributed by atoms with Gasteiger partial charge in [0.1, 0.15) is 6.10 Å². The first-order valence-corrected chi connectivity index (χ1v) is 4.55. The minimum absolute atomic E-state index is 0. The molecule has 3 N–H and O–H groups in total. The Bertz CT molecular complexity index is 171.